The predicted octanol–water partition coefficient (Wildman–Crippen LogP) is 4.80. The normalized spacial score (nSPS) is 37.5. The largest absolute Gasteiger partial charge is 0.459 e. The number of carbonyl (C=O) groups excluding carboxylic acids is 1. The Labute approximate surface area is 490 Å². The highest BCUT2D eigenvalue weighted by atomic mass is 19.1. The minimum Gasteiger partial charge on any atom is -0.459 e. The number of methoxy groups -OCH3 is 4. The van der Waals surface area contributed by atoms with E-state index in [4.69, 9.17) is 56.9 Å². The van der Waals surface area contributed by atoms with Gasteiger partial charge in [-0.05, 0) is 85.5 Å². The molecule has 0 spiro atoms. The molecule has 4 saturated heterocycles. The average Bonchev–Trinajstić information content (AvgIpc) is 4.01. The molecule has 24 heteroatoms. The number of ether oxygens (including phenoxy) is 11. The average molecular weight is 1180 g/mol. The Morgan fingerprint density at radius 1 is 0.904 bits per heavy atom. The zero-order chi connectivity index (χ0) is 61.0. The van der Waals surface area contributed by atoms with Crippen molar-refractivity contribution in [1.29, 1.82) is 0 Å². The van der Waals surface area contributed by atoms with E-state index in [-0.39, 0.29) is 32.7 Å². The molecule has 474 valence electrons. The van der Waals surface area contributed by atoms with Gasteiger partial charge >= 0.3 is 5.97 Å². The van der Waals surface area contributed by atoms with E-state index in [9.17, 15) is 25.2 Å². The van der Waals surface area contributed by atoms with Crippen LogP contribution in [0.25, 0.3) is 0 Å². The Hall–Kier alpha value is -3.57. The molecule has 1 aromatic heterocycles. The van der Waals surface area contributed by atoms with Crippen molar-refractivity contribution < 1.29 is 86.6 Å². The van der Waals surface area contributed by atoms with Crippen LogP contribution in [0.1, 0.15) is 118 Å². The second kappa shape index (κ2) is 30.9. The number of anilines is 1. The Morgan fingerprint density at radius 3 is 2.22 bits per heavy atom. The number of oxime groups is 1. The van der Waals surface area contributed by atoms with Gasteiger partial charge in [-0.15, -0.1) is 5.10 Å². The van der Waals surface area contributed by atoms with Crippen LogP contribution in [0, 0.1) is 23.7 Å². The maximum absolute atomic E-state index is 15.0. The van der Waals surface area contributed by atoms with Gasteiger partial charge in [-0.3, -0.25) is 4.79 Å². The van der Waals surface area contributed by atoms with Crippen LogP contribution in [0.15, 0.2) is 35.6 Å². The lowest BCUT2D eigenvalue weighted by atomic mass is 9.73. The molecule has 4 N–H and O–H groups in total. The molecular formula is C59H99FN6O17. The number of hydrogen-bond donors (Lipinski definition) is 4. The van der Waals surface area contributed by atoms with Crippen LogP contribution in [0.4, 0.5) is 10.1 Å². The summed E-state index contributed by atoms with van der Waals surface area (Å²) in [6.07, 6.45) is -8.26. The van der Waals surface area contributed by atoms with Crippen molar-refractivity contribution in [1.82, 2.24) is 19.9 Å². The molecule has 1 aromatic carbocycles. The van der Waals surface area contributed by atoms with Crippen LogP contribution in [-0.4, -0.2) is 231 Å². The summed E-state index contributed by atoms with van der Waals surface area (Å²) in [4.78, 5) is 24.8. The first-order chi connectivity index (χ1) is 39.4. The Kier molecular flexibility index (Phi) is 25.5. The lowest BCUT2D eigenvalue weighted by Gasteiger charge is -2.50. The molecule has 4 aliphatic heterocycles. The molecule has 83 heavy (non-hydrogen) atoms. The highest BCUT2D eigenvalue weighted by molar-refractivity contribution is 5.88. The third kappa shape index (κ3) is 16.5. The number of aliphatic hydroxyl groups excluding tert-OH is 3. The Bertz CT molecular complexity index is 2300. The molecular weight excluding hydrogens is 1080 g/mol. The number of hydrogen-bond acceptors (Lipinski definition) is 22. The van der Waals surface area contributed by atoms with Crippen molar-refractivity contribution in [2.75, 3.05) is 99.9 Å². The molecule has 4 fully saturated rings. The number of alkyl halides is 1. The van der Waals surface area contributed by atoms with E-state index in [1.54, 1.807) is 55.0 Å². The number of nitrogens with zero attached hydrogens (tertiary/aromatic N) is 6. The number of halogens is 1. The summed E-state index contributed by atoms with van der Waals surface area (Å²) in [5.41, 5.74) is -1.58. The fourth-order valence-corrected chi connectivity index (χ4v) is 12.6. The number of aliphatic hydroxyl groups is 4. The van der Waals surface area contributed by atoms with Crippen molar-refractivity contribution in [3.05, 3.63) is 41.7 Å². The molecule has 4 aliphatic rings. The van der Waals surface area contributed by atoms with E-state index < -0.39 is 133 Å². The summed E-state index contributed by atoms with van der Waals surface area (Å²) in [5, 5.41) is 61.5. The Balaban J connectivity index is 1.31. The molecule has 2 aromatic rings. The van der Waals surface area contributed by atoms with E-state index in [1.165, 1.54) is 25.8 Å². The SMILES string of the molecule is CC[C@H]1OC(=O)[C@H](C)[C@@H](O[C@H]2C[C@@](C)(OC)[C@@H](O)[C@H](C)O2)[C@H](C)[C@@H](O[C@@H]2O[C@H](C)C[C@H](N(C)CCc3cn([C@H](CF)[C@H](OC)c4ccc(N5CCOCC5)cc4)nn3)[C@H]2O)[C@](C)(OC)C[C@@H](C)/C(=N\OCOCCOC)[C@H](C)[C@@H](O)[C@]1(C)O. The highest BCUT2D eigenvalue weighted by Gasteiger charge is 2.54. The number of esters is 1. The molecule has 0 amide bonds. The first kappa shape index (κ1) is 68.5. The van der Waals surface area contributed by atoms with Crippen molar-refractivity contribution in [2.45, 2.75) is 198 Å². The van der Waals surface area contributed by atoms with Crippen LogP contribution < -0.4 is 4.90 Å². The zero-order valence-electron chi connectivity index (χ0n) is 51.8. The number of carbonyl (C=O) groups is 1. The van der Waals surface area contributed by atoms with Crippen LogP contribution in [-0.2, 0) is 68.2 Å². The van der Waals surface area contributed by atoms with Crippen LogP contribution >= 0.6 is 0 Å². The quantitative estimate of drug-likeness (QED) is 0.0504. The lowest BCUT2D eigenvalue weighted by Crippen LogP contribution is -2.61. The minimum absolute atomic E-state index is 0.0797. The van der Waals surface area contributed by atoms with Gasteiger partial charge in [-0.2, -0.15) is 0 Å². The van der Waals surface area contributed by atoms with E-state index >= 15 is 4.39 Å². The molecule has 5 heterocycles. The molecule has 0 unspecified atom stereocenters. The minimum atomic E-state index is -1.99. The number of aromatic nitrogens is 3. The Morgan fingerprint density at radius 2 is 1.59 bits per heavy atom. The summed E-state index contributed by atoms with van der Waals surface area (Å²) in [6.45, 7) is 20.5. The molecule has 0 aliphatic carbocycles. The number of benzene rings is 1. The van der Waals surface area contributed by atoms with Gasteiger partial charge in [-0.1, -0.05) is 50.2 Å². The third-order valence-corrected chi connectivity index (χ3v) is 17.9. The van der Waals surface area contributed by atoms with Gasteiger partial charge in [0.05, 0.1) is 85.5 Å². The molecule has 0 bridgehead atoms. The van der Waals surface area contributed by atoms with Crippen LogP contribution in [0.2, 0.25) is 0 Å². The maximum atomic E-state index is 15.0. The van der Waals surface area contributed by atoms with E-state index in [0.29, 0.717) is 50.6 Å². The number of cyclic esters (lactones) is 1. The molecule has 23 nitrogen and oxygen atoms in total. The fraction of sp³-hybridized carbons (Fsp3) is 0.831. The van der Waals surface area contributed by atoms with Crippen molar-refractivity contribution in [3.63, 3.8) is 0 Å². The second-order valence-electron chi connectivity index (χ2n) is 23.9. The smallest absolute Gasteiger partial charge is 0.311 e. The van der Waals surface area contributed by atoms with Gasteiger partial charge in [0.2, 0.25) is 6.79 Å². The number of likely N-dealkylation sites (N-methyl/N-ethyl adjacent to an activating group) is 1. The summed E-state index contributed by atoms with van der Waals surface area (Å²) in [7, 11) is 8.05. The third-order valence-electron chi connectivity index (χ3n) is 17.9. The summed E-state index contributed by atoms with van der Waals surface area (Å²) >= 11 is 0. The van der Waals surface area contributed by atoms with Crippen molar-refractivity contribution >= 4 is 17.4 Å². The van der Waals surface area contributed by atoms with E-state index in [2.05, 4.69) is 20.4 Å². The molecule has 0 saturated carbocycles. The fourth-order valence-electron chi connectivity index (χ4n) is 12.6. The van der Waals surface area contributed by atoms with Gasteiger partial charge in [0.25, 0.3) is 0 Å². The summed E-state index contributed by atoms with van der Waals surface area (Å²) in [6, 6.07) is 6.66. The van der Waals surface area contributed by atoms with Gasteiger partial charge < -0.3 is 87.2 Å². The zero-order valence-corrected chi connectivity index (χ0v) is 51.8. The first-order valence-corrected chi connectivity index (χ1v) is 29.5. The summed E-state index contributed by atoms with van der Waals surface area (Å²) in [5.74, 6) is -4.07. The van der Waals surface area contributed by atoms with Gasteiger partial charge in [0.15, 0.2) is 12.6 Å². The summed E-state index contributed by atoms with van der Waals surface area (Å²) < 4.78 is 84.2. The van der Waals surface area contributed by atoms with Gasteiger partial charge in [0, 0.05) is 96.6 Å². The molecule has 6 rings (SSSR count). The number of morpholine rings is 1. The van der Waals surface area contributed by atoms with Crippen molar-refractivity contribution in [2.24, 2.45) is 28.8 Å². The number of rotatable bonds is 23. The lowest BCUT2D eigenvalue weighted by molar-refractivity contribution is -0.319. The van der Waals surface area contributed by atoms with Crippen LogP contribution in [0.5, 0.6) is 0 Å². The van der Waals surface area contributed by atoms with E-state index in [1.807, 2.05) is 63.9 Å². The van der Waals surface area contributed by atoms with Gasteiger partial charge in [0.1, 0.15) is 42.7 Å². The maximum Gasteiger partial charge on any atom is 0.311 e. The predicted molar refractivity (Wildman–Crippen MR) is 304 cm³/mol. The molecule has 0 radical (unpaired) electrons. The second-order valence-corrected chi connectivity index (χ2v) is 23.9. The standard InChI is InChI=1S/C59H99FN6O17/c1-16-46-59(10,71)52(68)37(4)48(62-78-34-77-28-27-72-12)35(2)30-58(9,75-15)54(38(5)50(39(6)55(70)81-46)82-47-31-57(8,74-14)53(69)40(7)80-47)83-56-49(67)44(29-36(3)79-56)64(11)22-21-42-33-66(63-61-42)45(32-60)51(73-13)41-17-19-43(20-18-41)65-23-25-76-26-24-65/h17-20,33,35-40,44-47,49-54,56,67-69,71H,16,21-32,34H2,1-15H3/b62-48+/t35-,36-,37+,38+,39-,40+,44+,45-,46-,47+,49-,50+,51-,52-,53+,54-,56+,57-,58-,59-/m1/s1. The van der Waals surface area contributed by atoms with Gasteiger partial charge in [-0.25, -0.2) is 9.07 Å². The first-order valence-electron chi connectivity index (χ1n) is 29.5. The highest BCUT2D eigenvalue weighted by Crippen LogP contribution is 2.43. The molecule has 20 atom stereocenters. The van der Waals surface area contributed by atoms with Crippen LogP contribution in [0.3, 0.4) is 0 Å². The monoisotopic (exact) mass is 1180 g/mol. The topological polar surface area (TPSA) is 258 Å². The van der Waals surface area contributed by atoms with E-state index in [0.717, 1.165) is 24.3 Å². The van der Waals surface area contributed by atoms with Crippen molar-refractivity contribution in [3.8, 4) is 0 Å².